The summed E-state index contributed by atoms with van der Waals surface area (Å²) < 4.78 is 27.6. The van der Waals surface area contributed by atoms with Crippen LogP contribution in [0.25, 0.3) is 0 Å². The lowest BCUT2D eigenvalue weighted by atomic mass is 9.89. The molecule has 0 fully saturated rings. The smallest absolute Gasteiger partial charge is 0.161 e. The molecule has 5 aromatic rings. The fourth-order valence-electron chi connectivity index (χ4n) is 5.39. The highest BCUT2D eigenvalue weighted by Crippen LogP contribution is 2.38. The SMILES string of the molecule is CC(=O)c1c(C)[nH]c(C(c2ccc(F)cc2)c2ccc(C(c3ccc(F)cc3)c3ccc(C)[nH]3)[nH]2)c1C. The largest absolute Gasteiger partial charge is 0.362 e. The summed E-state index contributed by atoms with van der Waals surface area (Å²) in [5, 5.41) is 0. The average Bonchev–Trinajstić information content (AvgIpc) is 3.57. The highest BCUT2D eigenvalue weighted by atomic mass is 19.1. The Labute approximate surface area is 214 Å². The molecule has 0 aliphatic carbocycles. The second-order valence-corrected chi connectivity index (χ2v) is 9.65. The molecule has 2 atom stereocenters. The van der Waals surface area contributed by atoms with Crippen LogP contribution in [0, 0.1) is 32.4 Å². The molecule has 37 heavy (non-hydrogen) atoms. The predicted molar refractivity (Wildman–Crippen MR) is 141 cm³/mol. The number of nitrogens with one attached hydrogen (secondary N) is 3. The molecule has 3 aromatic heterocycles. The lowest BCUT2D eigenvalue weighted by Crippen LogP contribution is -2.09. The van der Waals surface area contributed by atoms with Gasteiger partial charge in [-0.25, -0.2) is 8.78 Å². The fraction of sp³-hybridized carbons (Fsp3) is 0.194. The number of hydrogen-bond acceptors (Lipinski definition) is 1. The summed E-state index contributed by atoms with van der Waals surface area (Å²) >= 11 is 0. The van der Waals surface area contributed by atoms with Crippen molar-refractivity contribution in [2.75, 3.05) is 0 Å². The van der Waals surface area contributed by atoms with E-state index in [2.05, 4.69) is 15.0 Å². The van der Waals surface area contributed by atoms with E-state index in [0.717, 1.165) is 50.9 Å². The Morgan fingerprint density at radius 1 is 0.649 bits per heavy atom. The van der Waals surface area contributed by atoms with Crippen LogP contribution in [0.2, 0.25) is 0 Å². The molecular formula is C31H29F2N3O. The van der Waals surface area contributed by atoms with E-state index in [1.165, 1.54) is 24.3 Å². The minimum atomic E-state index is -0.308. The van der Waals surface area contributed by atoms with Crippen molar-refractivity contribution in [2.45, 2.75) is 39.5 Å². The molecule has 4 nitrogen and oxygen atoms in total. The van der Waals surface area contributed by atoms with Gasteiger partial charge in [0, 0.05) is 39.7 Å². The van der Waals surface area contributed by atoms with Crippen molar-refractivity contribution in [3.63, 3.8) is 0 Å². The topological polar surface area (TPSA) is 64.4 Å². The van der Waals surface area contributed by atoms with E-state index in [-0.39, 0.29) is 29.3 Å². The number of Topliss-reactive ketones (excluding diaryl/α,β-unsaturated/α-hetero) is 1. The Balaban J connectivity index is 1.66. The van der Waals surface area contributed by atoms with Gasteiger partial charge in [0.05, 0.1) is 11.8 Å². The summed E-state index contributed by atoms with van der Waals surface area (Å²) in [6, 6.07) is 21.1. The maximum Gasteiger partial charge on any atom is 0.161 e. The van der Waals surface area contributed by atoms with Crippen molar-refractivity contribution < 1.29 is 13.6 Å². The quantitative estimate of drug-likeness (QED) is 0.201. The standard InChI is InChI=1S/C31H29F2N3O/c1-17-5-14-25(34-17)29(21-6-10-23(32)11-7-21)26-15-16-27(36-26)30(22-8-12-24(33)13-9-22)31-18(2)28(20(4)37)19(3)35-31/h5-16,29-30,34-36H,1-4H3. The van der Waals surface area contributed by atoms with Gasteiger partial charge in [-0.05, 0) is 92.9 Å². The number of ketones is 1. The van der Waals surface area contributed by atoms with E-state index in [4.69, 9.17) is 0 Å². The van der Waals surface area contributed by atoms with Crippen LogP contribution in [-0.2, 0) is 0 Å². The van der Waals surface area contributed by atoms with Gasteiger partial charge in [0.2, 0.25) is 0 Å². The molecule has 0 radical (unpaired) electrons. The van der Waals surface area contributed by atoms with Crippen molar-refractivity contribution in [1.82, 2.24) is 15.0 Å². The van der Waals surface area contributed by atoms with E-state index in [0.29, 0.717) is 5.56 Å². The van der Waals surface area contributed by atoms with Gasteiger partial charge in [0.25, 0.3) is 0 Å². The first-order valence-electron chi connectivity index (χ1n) is 12.3. The summed E-state index contributed by atoms with van der Waals surface area (Å²) in [5.41, 5.74) is 8.95. The second kappa shape index (κ2) is 9.69. The van der Waals surface area contributed by atoms with Crippen molar-refractivity contribution in [3.8, 4) is 0 Å². The van der Waals surface area contributed by atoms with Crippen LogP contribution >= 0.6 is 0 Å². The fourth-order valence-corrected chi connectivity index (χ4v) is 5.39. The number of H-pyrrole nitrogens is 3. The van der Waals surface area contributed by atoms with Crippen molar-refractivity contribution in [2.24, 2.45) is 0 Å². The lowest BCUT2D eigenvalue weighted by Gasteiger charge is -2.19. The van der Waals surface area contributed by atoms with Crippen LogP contribution in [0.1, 0.15) is 80.0 Å². The molecule has 5 rings (SSSR count). The van der Waals surface area contributed by atoms with Crippen LogP contribution in [0.4, 0.5) is 8.78 Å². The van der Waals surface area contributed by atoms with Gasteiger partial charge in [-0.2, -0.15) is 0 Å². The first kappa shape index (κ1) is 24.5. The number of aromatic amines is 3. The third kappa shape index (κ3) is 4.67. The highest BCUT2D eigenvalue weighted by molar-refractivity contribution is 5.97. The molecule has 6 heteroatoms. The summed E-state index contributed by atoms with van der Waals surface area (Å²) in [4.78, 5) is 22.8. The third-order valence-corrected chi connectivity index (χ3v) is 7.04. The van der Waals surface area contributed by atoms with Gasteiger partial charge < -0.3 is 15.0 Å². The molecule has 2 aromatic carbocycles. The van der Waals surface area contributed by atoms with E-state index in [1.807, 2.05) is 45.0 Å². The Hall–Kier alpha value is -4.19. The normalized spacial score (nSPS) is 13.0. The molecule has 3 N–H and O–H groups in total. The molecule has 0 saturated heterocycles. The lowest BCUT2D eigenvalue weighted by molar-refractivity contribution is 0.101. The number of aryl methyl sites for hydroxylation is 2. The number of benzene rings is 2. The number of carbonyl (C=O) groups is 1. The summed E-state index contributed by atoms with van der Waals surface area (Å²) in [6.07, 6.45) is 0. The molecule has 0 amide bonds. The van der Waals surface area contributed by atoms with Gasteiger partial charge in [-0.15, -0.1) is 0 Å². The monoisotopic (exact) mass is 497 g/mol. The zero-order chi connectivity index (χ0) is 26.3. The molecule has 0 saturated carbocycles. The molecule has 0 aliphatic heterocycles. The average molecular weight is 498 g/mol. The van der Waals surface area contributed by atoms with Gasteiger partial charge in [0.1, 0.15) is 11.6 Å². The van der Waals surface area contributed by atoms with Crippen LogP contribution < -0.4 is 0 Å². The van der Waals surface area contributed by atoms with Gasteiger partial charge in [-0.3, -0.25) is 4.79 Å². The van der Waals surface area contributed by atoms with Gasteiger partial charge >= 0.3 is 0 Å². The van der Waals surface area contributed by atoms with E-state index >= 15 is 0 Å². The summed E-state index contributed by atoms with van der Waals surface area (Å²) in [7, 11) is 0. The van der Waals surface area contributed by atoms with Crippen LogP contribution in [0.3, 0.4) is 0 Å². The summed E-state index contributed by atoms with van der Waals surface area (Å²) in [6.45, 7) is 7.41. The zero-order valence-electron chi connectivity index (χ0n) is 21.2. The first-order chi connectivity index (χ1) is 17.7. The molecule has 0 spiro atoms. The molecule has 2 unspecified atom stereocenters. The number of carbonyl (C=O) groups excluding carboxylic acids is 1. The van der Waals surface area contributed by atoms with E-state index < -0.39 is 0 Å². The second-order valence-electron chi connectivity index (χ2n) is 9.65. The minimum absolute atomic E-state index is 0.000944. The first-order valence-corrected chi connectivity index (χ1v) is 12.3. The van der Waals surface area contributed by atoms with Gasteiger partial charge in [-0.1, -0.05) is 24.3 Å². The molecule has 3 heterocycles. The molecular weight excluding hydrogens is 468 g/mol. The summed E-state index contributed by atoms with van der Waals surface area (Å²) in [5.74, 6) is -1.04. The Morgan fingerprint density at radius 2 is 1.14 bits per heavy atom. The highest BCUT2D eigenvalue weighted by Gasteiger charge is 2.27. The molecule has 0 bridgehead atoms. The number of rotatable bonds is 7. The van der Waals surface area contributed by atoms with Crippen LogP contribution in [-0.4, -0.2) is 20.7 Å². The zero-order valence-corrected chi connectivity index (χ0v) is 21.2. The maximum atomic E-state index is 13.8. The van der Waals surface area contributed by atoms with Gasteiger partial charge in [0.15, 0.2) is 5.78 Å². The number of aromatic nitrogens is 3. The Kier molecular flexibility index (Phi) is 6.42. The number of halogens is 2. The maximum absolute atomic E-state index is 13.8. The van der Waals surface area contributed by atoms with E-state index in [1.54, 1.807) is 31.2 Å². The van der Waals surface area contributed by atoms with E-state index in [9.17, 15) is 13.6 Å². The van der Waals surface area contributed by atoms with Crippen molar-refractivity contribution in [3.05, 3.63) is 141 Å². The predicted octanol–water partition coefficient (Wildman–Crippen LogP) is 7.44. The number of hydrogen-bond donors (Lipinski definition) is 3. The Morgan fingerprint density at radius 3 is 1.62 bits per heavy atom. The van der Waals surface area contributed by atoms with Crippen molar-refractivity contribution >= 4 is 5.78 Å². The minimum Gasteiger partial charge on any atom is -0.362 e. The van der Waals surface area contributed by atoms with Crippen LogP contribution in [0.5, 0.6) is 0 Å². The molecule has 188 valence electrons. The molecule has 0 aliphatic rings. The third-order valence-electron chi connectivity index (χ3n) is 7.04. The Bertz CT molecular complexity index is 1550. The van der Waals surface area contributed by atoms with Crippen LogP contribution in [0.15, 0.2) is 72.8 Å². The van der Waals surface area contributed by atoms with Crippen molar-refractivity contribution in [1.29, 1.82) is 0 Å².